The Kier molecular flexibility index (Phi) is 24.8. The zero-order valence-electron chi connectivity index (χ0n) is 39.9. The van der Waals surface area contributed by atoms with Crippen LogP contribution >= 0.6 is 0 Å². The predicted octanol–water partition coefficient (Wildman–Crippen LogP) is 3.18. The lowest BCUT2D eigenvalue weighted by Gasteiger charge is -2.10. The molecule has 0 radical (unpaired) electrons. The van der Waals surface area contributed by atoms with Crippen LogP contribution in [0.15, 0.2) is 91.0 Å². The van der Waals surface area contributed by atoms with E-state index in [1.165, 1.54) is 82.0 Å². The Bertz CT molecular complexity index is 2830. The Hall–Kier alpha value is -8.77. The van der Waals surface area contributed by atoms with E-state index in [-0.39, 0.29) is 46.9 Å². The van der Waals surface area contributed by atoms with Gasteiger partial charge in [0.25, 0.3) is 0 Å². The Balaban J connectivity index is 0.000000446. The SMILES string of the molecule is CCc1cc(C(=N)N)ccc1C.COc1cc(C(=N)N)ccc1CC(N)=O.COc1cc(C(=N)N)ccc1CS(N)(=O)=O.COc1cc(C(=N)N)ccc1OCC(=O)O.COc1ccc(F)c(C(=N)N)c1. The molecule has 22 nitrogen and oxygen atoms in total. The molecular weight excluding hydrogens is 944 g/mol. The smallest absolute Gasteiger partial charge is 0.341 e. The Labute approximate surface area is 410 Å². The standard InChI is InChI=1S/C10H13N3O2.C10H12N2O4.C10H14N2.C9H13N3O3S.C8H9FN2O/c1-15-8-4-7(10(12)13)3-2-6(8)5-9(11)14;1-15-8-4-6(10(11)12)2-3-7(8)16-5-9(13)14;1-3-8-6-9(10(11)12)5-4-7(8)2;1-15-8-4-6(9(10)11)2-3-7(8)5-16(12,13)14;1-12-5-2-3-7(9)6(4-5)8(10)11/h2-4H,5H2,1H3,(H2,11,14)(H3,12,13);2-4H,5H2,1H3,(H3,11,12)(H,13,14);4-6H,3H2,1-2H3,(H3,11,12);2-4H,5H2,1H3,(H3,10,11)(H2,12,13,14);2-4H,1H3,(H3,10,11). The van der Waals surface area contributed by atoms with Crippen molar-refractivity contribution >= 4 is 51.1 Å². The van der Waals surface area contributed by atoms with Gasteiger partial charge in [-0.15, -0.1) is 0 Å². The maximum absolute atomic E-state index is 12.9. The molecule has 20 N–H and O–H groups in total. The second-order valence-corrected chi connectivity index (χ2v) is 16.1. The van der Waals surface area contributed by atoms with Crippen LogP contribution in [0.1, 0.15) is 57.0 Å². The van der Waals surface area contributed by atoms with Crippen molar-refractivity contribution in [3.05, 3.63) is 147 Å². The van der Waals surface area contributed by atoms with Crippen molar-refractivity contribution in [3.8, 4) is 28.7 Å². The molecule has 5 aromatic carbocycles. The third-order valence-electron chi connectivity index (χ3n) is 9.25. The van der Waals surface area contributed by atoms with Crippen LogP contribution in [-0.2, 0) is 38.2 Å². The van der Waals surface area contributed by atoms with E-state index in [9.17, 15) is 22.4 Å². The number of nitrogen functional groups attached to an aromatic ring is 5. The number of primary sulfonamides is 1. The molecule has 0 aliphatic heterocycles. The largest absolute Gasteiger partial charge is 0.497 e. The fraction of sp³-hybridized carbons (Fsp3) is 0.213. The van der Waals surface area contributed by atoms with Crippen molar-refractivity contribution in [1.82, 2.24) is 0 Å². The summed E-state index contributed by atoms with van der Waals surface area (Å²) in [5, 5.41) is 49.4. The van der Waals surface area contributed by atoms with Crippen LogP contribution < -0.4 is 63.2 Å². The summed E-state index contributed by atoms with van der Waals surface area (Å²) in [4.78, 5) is 21.1. The van der Waals surface area contributed by atoms with Gasteiger partial charge in [0.05, 0.1) is 46.2 Å². The Morgan fingerprint density at radius 3 is 1.45 bits per heavy atom. The van der Waals surface area contributed by atoms with Gasteiger partial charge in [0.1, 0.15) is 52.2 Å². The van der Waals surface area contributed by atoms with Crippen molar-refractivity contribution in [2.75, 3.05) is 35.0 Å². The van der Waals surface area contributed by atoms with Crippen LogP contribution in [0.3, 0.4) is 0 Å². The van der Waals surface area contributed by atoms with Crippen LogP contribution in [0, 0.1) is 39.8 Å². The minimum absolute atomic E-state index is 0.0427. The van der Waals surface area contributed by atoms with Gasteiger partial charge in [0.15, 0.2) is 18.1 Å². The molecule has 0 heterocycles. The van der Waals surface area contributed by atoms with E-state index < -0.39 is 34.3 Å². The lowest BCUT2D eigenvalue weighted by atomic mass is 10.0. The number of benzene rings is 5. The van der Waals surface area contributed by atoms with Gasteiger partial charge in [-0.25, -0.2) is 22.7 Å². The first kappa shape index (κ1) is 60.2. The number of carboxylic acids is 1. The minimum Gasteiger partial charge on any atom is -0.497 e. The molecule has 0 fully saturated rings. The summed E-state index contributed by atoms with van der Waals surface area (Å²) in [7, 11) is 2.18. The number of carbonyl (C=O) groups is 2. The second kappa shape index (κ2) is 29.2. The number of aryl methyl sites for hydroxylation is 2. The number of halogens is 1. The van der Waals surface area contributed by atoms with E-state index in [1.807, 2.05) is 18.2 Å². The van der Waals surface area contributed by atoms with E-state index >= 15 is 0 Å². The predicted molar refractivity (Wildman–Crippen MR) is 270 cm³/mol. The molecule has 24 heteroatoms. The number of carbonyl (C=O) groups excluding carboxylic acids is 1. The quantitative estimate of drug-likeness (QED) is 0.0470. The first-order valence-electron chi connectivity index (χ1n) is 20.5. The molecule has 0 spiro atoms. The fourth-order valence-corrected chi connectivity index (χ4v) is 6.32. The van der Waals surface area contributed by atoms with Crippen LogP contribution in [0.25, 0.3) is 0 Å². The normalized spacial score (nSPS) is 9.97. The molecule has 1 amide bonds. The monoisotopic (exact) mass is 1000 g/mol. The summed E-state index contributed by atoms with van der Waals surface area (Å²) in [5.74, 6) is -0.730. The van der Waals surface area contributed by atoms with Crippen LogP contribution in [0.5, 0.6) is 28.7 Å². The Morgan fingerprint density at radius 2 is 1.03 bits per heavy atom. The number of amides is 1. The molecule has 0 saturated heterocycles. The van der Waals surface area contributed by atoms with Gasteiger partial charge in [-0.3, -0.25) is 31.8 Å². The van der Waals surface area contributed by atoms with Crippen molar-refractivity contribution in [2.24, 2.45) is 39.5 Å². The second-order valence-electron chi connectivity index (χ2n) is 14.5. The summed E-state index contributed by atoms with van der Waals surface area (Å²) in [6.45, 7) is 3.73. The number of aliphatic carboxylic acids is 1. The van der Waals surface area contributed by atoms with E-state index in [1.54, 1.807) is 30.3 Å². The third kappa shape index (κ3) is 21.4. The first-order valence-corrected chi connectivity index (χ1v) is 22.2. The van der Waals surface area contributed by atoms with Gasteiger partial charge in [-0.05, 0) is 79.1 Å². The molecule has 0 saturated carbocycles. The van der Waals surface area contributed by atoms with E-state index in [0.29, 0.717) is 56.6 Å². The highest BCUT2D eigenvalue weighted by Gasteiger charge is 2.13. The zero-order valence-corrected chi connectivity index (χ0v) is 40.8. The van der Waals surface area contributed by atoms with Gasteiger partial charge < -0.3 is 63.2 Å². The maximum Gasteiger partial charge on any atom is 0.341 e. The number of carboxylic acid groups (broad SMARTS) is 1. The molecule has 5 rings (SSSR count). The number of nitrogens with two attached hydrogens (primary N) is 7. The summed E-state index contributed by atoms with van der Waals surface area (Å²) >= 11 is 0. The summed E-state index contributed by atoms with van der Waals surface area (Å²) in [6, 6.07) is 24.1. The highest BCUT2D eigenvalue weighted by atomic mass is 32.2. The van der Waals surface area contributed by atoms with Crippen molar-refractivity contribution < 1.29 is 51.2 Å². The molecule has 5 aromatic rings. The molecule has 0 aliphatic carbocycles. The Morgan fingerprint density at radius 1 is 0.577 bits per heavy atom. The highest BCUT2D eigenvalue weighted by molar-refractivity contribution is 7.88. The van der Waals surface area contributed by atoms with Gasteiger partial charge >= 0.3 is 5.97 Å². The molecule has 0 aromatic heterocycles. The topological polar surface area (TPSA) is 436 Å². The number of ether oxygens (including phenoxy) is 5. The summed E-state index contributed by atoms with van der Waals surface area (Å²) in [6.07, 6.45) is 1.11. The van der Waals surface area contributed by atoms with Crippen LogP contribution in [-0.4, -0.2) is 89.6 Å². The fourth-order valence-electron chi connectivity index (χ4n) is 5.65. The van der Waals surface area contributed by atoms with E-state index in [2.05, 4.69) is 13.8 Å². The number of rotatable bonds is 17. The lowest BCUT2D eigenvalue weighted by molar-refractivity contribution is -0.139. The molecule has 382 valence electrons. The van der Waals surface area contributed by atoms with Crippen LogP contribution in [0.4, 0.5) is 4.39 Å². The van der Waals surface area contributed by atoms with E-state index in [0.717, 1.165) is 12.0 Å². The van der Waals surface area contributed by atoms with Crippen molar-refractivity contribution in [1.29, 1.82) is 27.0 Å². The van der Waals surface area contributed by atoms with Crippen molar-refractivity contribution in [2.45, 2.75) is 32.4 Å². The van der Waals surface area contributed by atoms with Gasteiger partial charge in [-0.2, -0.15) is 0 Å². The third-order valence-corrected chi connectivity index (χ3v) is 9.96. The molecule has 0 atom stereocenters. The number of amidine groups is 5. The number of sulfonamides is 1. The summed E-state index contributed by atoms with van der Waals surface area (Å²) < 4.78 is 59.7. The summed E-state index contributed by atoms with van der Waals surface area (Å²) in [5.41, 5.74) is 37.6. The highest BCUT2D eigenvalue weighted by Crippen LogP contribution is 2.28. The van der Waals surface area contributed by atoms with E-state index in [4.69, 9.17) is 95.4 Å². The van der Waals surface area contributed by atoms with Crippen molar-refractivity contribution in [3.63, 3.8) is 0 Å². The number of nitrogens with one attached hydrogen (secondary N) is 5. The number of hydrogen-bond acceptors (Lipinski definition) is 14. The molecule has 0 aliphatic rings. The lowest BCUT2D eigenvalue weighted by Crippen LogP contribution is -2.16. The minimum atomic E-state index is -3.61. The maximum atomic E-state index is 12.9. The molecule has 0 unspecified atom stereocenters. The average molecular weight is 1010 g/mol. The van der Waals surface area contributed by atoms with Gasteiger partial charge in [0, 0.05) is 33.4 Å². The molecule has 0 bridgehead atoms. The zero-order chi connectivity index (χ0) is 54.2. The molecule has 71 heavy (non-hydrogen) atoms. The number of hydrogen-bond donors (Lipinski definition) is 13. The number of methoxy groups -OCH3 is 4. The first-order chi connectivity index (χ1) is 33.2. The molecular formula is C47H61FN12O10S. The van der Waals surface area contributed by atoms with Gasteiger partial charge in [-0.1, -0.05) is 43.3 Å². The van der Waals surface area contributed by atoms with Crippen LogP contribution in [0.2, 0.25) is 0 Å². The average Bonchev–Trinajstić information content (AvgIpc) is 3.31. The number of primary amides is 1. The van der Waals surface area contributed by atoms with Gasteiger partial charge in [0.2, 0.25) is 15.9 Å².